The van der Waals surface area contributed by atoms with E-state index in [2.05, 4.69) is 15.4 Å². The van der Waals surface area contributed by atoms with Crippen molar-refractivity contribution in [2.24, 2.45) is 11.3 Å². The molecule has 0 aromatic carbocycles. The lowest BCUT2D eigenvalue weighted by Gasteiger charge is -2.36. The lowest BCUT2D eigenvalue weighted by atomic mass is 9.67. The zero-order chi connectivity index (χ0) is 12.3. The van der Waals surface area contributed by atoms with Crippen LogP contribution in [0.4, 0.5) is 0 Å². The average Bonchev–Trinajstić information content (AvgIpc) is 2.80. The van der Waals surface area contributed by atoms with Crippen LogP contribution in [0.5, 0.6) is 0 Å². The van der Waals surface area contributed by atoms with Gasteiger partial charge in [-0.3, -0.25) is 9.59 Å². The number of esters is 1. The molecule has 104 valence electrons. The van der Waals surface area contributed by atoms with Crippen molar-refractivity contribution in [3.05, 3.63) is 0 Å². The molecule has 1 saturated heterocycles. The molecule has 6 heteroatoms. The molecule has 2 atom stereocenters. The van der Waals surface area contributed by atoms with E-state index in [1.54, 1.807) is 0 Å². The molecule has 2 aliphatic rings. The van der Waals surface area contributed by atoms with Gasteiger partial charge in [-0.05, 0) is 25.3 Å². The molecule has 1 saturated carbocycles. The highest BCUT2D eigenvalue weighted by molar-refractivity contribution is 5.87. The quantitative estimate of drug-likeness (QED) is 0.736. The first-order valence-electron chi connectivity index (χ1n) is 6.25. The molecule has 0 unspecified atom stereocenters. The Morgan fingerprint density at radius 3 is 2.94 bits per heavy atom. The molecule has 0 aromatic rings. The summed E-state index contributed by atoms with van der Waals surface area (Å²) in [6.45, 7) is 1.64. The molecule has 0 radical (unpaired) electrons. The average molecular weight is 277 g/mol. The number of methoxy groups -OCH3 is 1. The van der Waals surface area contributed by atoms with Gasteiger partial charge in [-0.25, -0.2) is 0 Å². The summed E-state index contributed by atoms with van der Waals surface area (Å²) in [7, 11) is 1.33. The van der Waals surface area contributed by atoms with E-state index in [9.17, 15) is 9.59 Å². The fourth-order valence-electron chi connectivity index (χ4n) is 3.09. The summed E-state index contributed by atoms with van der Waals surface area (Å²) in [5.74, 6) is 0.0413. The molecule has 0 bridgehead atoms. The molecule has 2 N–H and O–H groups in total. The van der Waals surface area contributed by atoms with E-state index in [1.165, 1.54) is 13.5 Å². The van der Waals surface area contributed by atoms with Crippen LogP contribution in [0.3, 0.4) is 0 Å². The Hall–Kier alpha value is -0.810. The van der Waals surface area contributed by atoms with Crippen molar-refractivity contribution in [2.45, 2.75) is 25.7 Å². The van der Waals surface area contributed by atoms with E-state index < -0.39 is 5.97 Å². The molecule has 1 aliphatic heterocycles. The Bertz CT molecular complexity index is 324. The summed E-state index contributed by atoms with van der Waals surface area (Å²) in [6, 6.07) is 0. The highest BCUT2D eigenvalue weighted by atomic mass is 35.5. The summed E-state index contributed by atoms with van der Waals surface area (Å²) >= 11 is 0. The third-order valence-electron chi connectivity index (χ3n) is 4.11. The second kappa shape index (κ2) is 6.38. The van der Waals surface area contributed by atoms with E-state index in [-0.39, 0.29) is 30.3 Å². The van der Waals surface area contributed by atoms with E-state index in [4.69, 9.17) is 0 Å². The van der Waals surface area contributed by atoms with Crippen LogP contribution in [0, 0.1) is 11.3 Å². The lowest BCUT2D eigenvalue weighted by molar-refractivity contribution is -0.143. The molecule has 5 nitrogen and oxygen atoms in total. The van der Waals surface area contributed by atoms with Gasteiger partial charge >= 0.3 is 5.97 Å². The number of carbonyl (C=O) groups excluding carboxylic acids is 2. The third kappa shape index (κ3) is 2.78. The van der Waals surface area contributed by atoms with Gasteiger partial charge in [-0.1, -0.05) is 12.8 Å². The largest absolute Gasteiger partial charge is 0.468 e. The predicted molar refractivity (Wildman–Crippen MR) is 69.5 cm³/mol. The minimum absolute atomic E-state index is 0. The van der Waals surface area contributed by atoms with Gasteiger partial charge in [0.15, 0.2) is 0 Å². The second-order valence-corrected chi connectivity index (χ2v) is 4.99. The lowest BCUT2D eigenvalue weighted by Crippen LogP contribution is -2.49. The summed E-state index contributed by atoms with van der Waals surface area (Å²) < 4.78 is 4.53. The number of fused-ring (bicyclic) bond motifs is 1. The van der Waals surface area contributed by atoms with E-state index in [0.717, 1.165) is 32.4 Å². The fourth-order valence-corrected chi connectivity index (χ4v) is 3.09. The first kappa shape index (κ1) is 15.2. The Morgan fingerprint density at radius 1 is 1.44 bits per heavy atom. The fraction of sp³-hybridized carbons (Fsp3) is 0.833. The zero-order valence-electron chi connectivity index (χ0n) is 10.7. The maximum atomic E-state index is 12.3. The predicted octanol–water partition coefficient (Wildman–Crippen LogP) is 0.477. The Balaban J connectivity index is 0.00000162. The summed E-state index contributed by atoms with van der Waals surface area (Å²) in [5.41, 5.74) is -0.285. The summed E-state index contributed by atoms with van der Waals surface area (Å²) in [6.07, 6.45) is 4.35. The number of hydrogen-bond acceptors (Lipinski definition) is 4. The topological polar surface area (TPSA) is 67.4 Å². The zero-order valence-corrected chi connectivity index (χ0v) is 11.5. The molecule has 18 heavy (non-hydrogen) atoms. The van der Waals surface area contributed by atoms with Gasteiger partial charge in [0.1, 0.15) is 6.54 Å². The standard InChI is InChI=1S/C12H20N2O3.ClH/c1-17-10(15)7-14-11(16)12-5-3-2-4-9(12)6-13-8-12;/h9,13H,2-8H2,1H3,(H,14,16);1H/t9-,12+;/m0./s1. The van der Waals surface area contributed by atoms with Crippen molar-refractivity contribution in [1.29, 1.82) is 0 Å². The van der Waals surface area contributed by atoms with Gasteiger partial charge in [0.25, 0.3) is 0 Å². The number of ether oxygens (including phenoxy) is 1. The normalized spacial score (nSPS) is 29.9. The molecule has 2 fully saturated rings. The second-order valence-electron chi connectivity index (χ2n) is 4.99. The van der Waals surface area contributed by atoms with Crippen LogP contribution in [0.2, 0.25) is 0 Å². The molecule has 2 rings (SSSR count). The van der Waals surface area contributed by atoms with Gasteiger partial charge in [0, 0.05) is 6.54 Å². The molecular formula is C12H21ClN2O3. The van der Waals surface area contributed by atoms with Crippen LogP contribution < -0.4 is 10.6 Å². The van der Waals surface area contributed by atoms with Gasteiger partial charge in [0.2, 0.25) is 5.91 Å². The van der Waals surface area contributed by atoms with Crippen LogP contribution in [0.15, 0.2) is 0 Å². The Morgan fingerprint density at radius 2 is 2.22 bits per heavy atom. The van der Waals surface area contributed by atoms with E-state index in [1.807, 2.05) is 0 Å². The maximum absolute atomic E-state index is 12.3. The van der Waals surface area contributed by atoms with E-state index >= 15 is 0 Å². The number of carbonyl (C=O) groups is 2. The minimum Gasteiger partial charge on any atom is -0.468 e. The third-order valence-corrected chi connectivity index (χ3v) is 4.11. The van der Waals surface area contributed by atoms with Crippen molar-refractivity contribution < 1.29 is 14.3 Å². The highest BCUT2D eigenvalue weighted by Gasteiger charge is 2.49. The van der Waals surface area contributed by atoms with Crippen LogP contribution >= 0.6 is 12.4 Å². The smallest absolute Gasteiger partial charge is 0.325 e. The number of halogens is 1. The van der Waals surface area contributed by atoms with Crippen molar-refractivity contribution >= 4 is 24.3 Å². The summed E-state index contributed by atoms with van der Waals surface area (Å²) in [5, 5.41) is 6.02. The van der Waals surface area contributed by atoms with Crippen molar-refractivity contribution in [3.63, 3.8) is 0 Å². The molecular weight excluding hydrogens is 256 g/mol. The number of amides is 1. The maximum Gasteiger partial charge on any atom is 0.325 e. The number of nitrogens with one attached hydrogen (secondary N) is 2. The number of rotatable bonds is 3. The Labute approximate surface area is 113 Å². The molecule has 0 spiro atoms. The van der Waals surface area contributed by atoms with Crippen LogP contribution in [-0.2, 0) is 14.3 Å². The summed E-state index contributed by atoms with van der Waals surface area (Å²) in [4.78, 5) is 23.3. The van der Waals surface area contributed by atoms with Crippen molar-refractivity contribution in [2.75, 3.05) is 26.7 Å². The van der Waals surface area contributed by atoms with Crippen molar-refractivity contribution in [1.82, 2.24) is 10.6 Å². The SMILES string of the molecule is COC(=O)CNC(=O)[C@@]12CCCC[C@H]1CNC2.Cl. The number of hydrogen-bond donors (Lipinski definition) is 2. The van der Waals surface area contributed by atoms with Gasteiger partial charge < -0.3 is 15.4 Å². The van der Waals surface area contributed by atoms with Gasteiger partial charge in [-0.15, -0.1) is 12.4 Å². The van der Waals surface area contributed by atoms with Gasteiger partial charge in [-0.2, -0.15) is 0 Å². The highest BCUT2D eigenvalue weighted by Crippen LogP contribution is 2.43. The van der Waals surface area contributed by atoms with Crippen LogP contribution in [0.25, 0.3) is 0 Å². The van der Waals surface area contributed by atoms with Crippen molar-refractivity contribution in [3.8, 4) is 0 Å². The first-order chi connectivity index (χ1) is 8.19. The van der Waals surface area contributed by atoms with Crippen LogP contribution in [-0.4, -0.2) is 38.6 Å². The monoisotopic (exact) mass is 276 g/mol. The minimum atomic E-state index is -0.395. The first-order valence-corrected chi connectivity index (χ1v) is 6.25. The molecule has 1 amide bonds. The van der Waals surface area contributed by atoms with Gasteiger partial charge in [0.05, 0.1) is 12.5 Å². The molecule has 1 aliphatic carbocycles. The molecule has 0 aromatic heterocycles. The van der Waals surface area contributed by atoms with Crippen LogP contribution in [0.1, 0.15) is 25.7 Å². The van der Waals surface area contributed by atoms with E-state index in [0.29, 0.717) is 5.92 Å². The Kier molecular flexibility index (Phi) is 5.41. The molecule has 1 heterocycles.